The summed E-state index contributed by atoms with van der Waals surface area (Å²) in [5, 5.41) is 0.361. The van der Waals surface area contributed by atoms with E-state index in [9.17, 15) is 14.0 Å². The van der Waals surface area contributed by atoms with Crippen LogP contribution in [-0.2, 0) is 0 Å². The number of carbonyl (C=O) groups is 1. The zero-order valence-corrected chi connectivity index (χ0v) is 15.3. The molecular formula is C23H15FO5. The molecular weight excluding hydrogens is 375 g/mol. The van der Waals surface area contributed by atoms with Gasteiger partial charge in [0.1, 0.15) is 29.2 Å². The largest absolute Gasteiger partial charge is 0.497 e. The van der Waals surface area contributed by atoms with Gasteiger partial charge in [0, 0.05) is 6.07 Å². The summed E-state index contributed by atoms with van der Waals surface area (Å²) in [6.07, 6.45) is 1.37. The average Bonchev–Trinajstić information content (AvgIpc) is 2.74. The van der Waals surface area contributed by atoms with Gasteiger partial charge in [-0.1, -0.05) is 12.1 Å². The fourth-order valence-corrected chi connectivity index (χ4v) is 2.89. The first-order valence-electron chi connectivity index (χ1n) is 8.73. The zero-order chi connectivity index (χ0) is 20.4. The lowest BCUT2D eigenvalue weighted by atomic mass is 10.1. The molecule has 0 aliphatic heterocycles. The van der Waals surface area contributed by atoms with E-state index in [0.717, 1.165) is 0 Å². The van der Waals surface area contributed by atoms with E-state index in [1.807, 2.05) is 0 Å². The van der Waals surface area contributed by atoms with Crippen molar-refractivity contribution >= 4 is 16.9 Å². The van der Waals surface area contributed by atoms with E-state index in [0.29, 0.717) is 22.3 Å². The smallest absolute Gasteiger partial charge is 0.343 e. The van der Waals surface area contributed by atoms with E-state index in [1.165, 1.54) is 42.7 Å². The molecule has 0 saturated heterocycles. The summed E-state index contributed by atoms with van der Waals surface area (Å²) in [6.45, 7) is 0. The summed E-state index contributed by atoms with van der Waals surface area (Å²) in [7, 11) is 1.57. The van der Waals surface area contributed by atoms with Gasteiger partial charge in [-0.05, 0) is 54.1 Å². The quantitative estimate of drug-likeness (QED) is 0.369. The molecule has 0 N–H and O–H groups in total. The number of ether oxygens (including phenoxy) is 2. The van der Waals surface area contributed by atoms with Crippen LogP contribution in [-0.4, -0.2) is 13.1 Å². The van der Waals surface area contributed by atoms with E-state index in [1.54, 1.807) is 37.4 Å². The lowest BCUT2D eigenvalue weighted by Crippen LogP contribution is -2.09. The number of hydrogen-bond donors (Lipinski definition) is 0. The second-order valence-electron chi connectivity index (χ2n) is 6.26. The topological polar surface area (TPSA) is 65.7 Å². The van der Waals surface area contributed by atoms with Crippen molar-refractivity contribution in [1.82, 2.24) is 0 Å². The fourth-order valence-electron chi connectivity index (χ4n) is 2.89. The normalized spacial score (nSPS) is 10.7. The number of carbonyl (C=O) groups excluding carboxylic acids is 1. The van der Waals surface area contributed by atoms with E-state index < -0.39 is 11.8 Å². The SMILES string of the molecule is COc1ccc(-c2coc3cc(OC(=O)c4ccc(F)cc4)ccc3c2=O)cc1. The third-order valence-corrected chi connectivity index (χ3v) is 4.44. The van der Waals surface area contributed by atoms with Crippen LogP contribution in [0.25, 0.3) is 22.1 Å². The Labute approximate surface area is 164 Å². The fraction of sp³-hybridized carbons (Fsp3) is 0.0435. The average molecular weight is 390 g/mol. The summed E-state index contributed by atoms with van der Waals surface area (Å²) in [5.41, 5.74) is 1.41. The van der Waals surface area contributed by atoms with Crippen molar-refractivity contribution in [2.75, 3.05) is 7.11 Å². The molecule has 0 aliphatic carbocycles. The maximum atomic E-state index is 13.0. The second-order valence-corrected chi connectivity index (χ2v) is 6.26. The molecule has 0 atom stereocenters. The predicted octanol–water partition coefficient (Wildman–Crippen LogP) is 4.83. The number of benzene rings is 3. The van der Waals surface area contributed by atoms with E-state index in [4.69, 9.17) is 13.9 Å². The molecule has 6 heteroatoms. The highest BCUT2D eigenvalue weighted by Crippen LogP contribution is 2.25. The van der Waals surface area contributed by atoms with Crippen LogP contribution in [0.5, 0.6) is 11.5 Å². The van der Waals surface area contributed by atoms with Gasteiger partial charge in [-0.2, -0.15) is 0 Å². The Morgan fingerprint density at radius 1 is 0.931 bits per heavy atom. The van der Waals surface area contributed by atoms with Gasteiger partial charge in [-0.15, -0.1) is 0 Å². The Balaban J connectivity index is 1.64. The van der Waals surface area contributed by atoms with E-state index in [-0.39, 0.29) is 22.3 Å². The molecule has 0 aliphatic rings. The molecule has 1 aromatic heterocycles. The molecule has 5 nitrogen and oxygen atoms in total. The van der Waals surface area contributed by atoms with Gasteiger partial charge in [0.15, 0.2) is 5.43 Å². The van der Waals surface area contributed by atoms with E-state index in [2.05, 4.69) is 0 Å². The van der Waals surface area contributed by atoms with Crippen LogP contribution in [0.4, 0.5) is 4.39 Å². The second kappa shape index (κ2) is 7.59. The van der Waals surface area contributed by atoms with Crippen LogP contribution >= 0.6 is 0 Å². The number of esters is 1. The summed E-state index contributed by atoms with van der Waals surface area (Å²) in [6, 6.07) is 16.6. The van der Waals surface area contributed by atoms with Gasteiger partial charge in [-0.3, -0.25) is 4.79 Å². The lowest BCUT2D eigenvalue weighted by molar-refractivity contribution is 0.0735. The Morgan fingerprint density at radius 2 is 1.62 bits per heavy atom. The molecule has 29 heavy (non-hydrogen) atoms. The molecule has 3 aromatic carbocycles. The van der Waals surface area contributed by atoms with Gasteiger partial charge in [0.2, 0.25) is 0 Å². The van der Waals surface area contributed by atoms with Gasteiger partial charge in [0.05, 0.1) is 23.6 Å². The minimum atomic E-state index is -0.637. The molecule has 1 heterocycles. The summed E-state index contributed by atoms with van der Waals surface area (Å²) in [5.74, 6) is -0.179. The van der Waals surface area contributed by atoms with Crippen LogP contribution < -0.4 is 14.9 Å². The molecule has 4 rings (SSSR count). The molecule has 0 radical (unpaired) electrons. The number of rotatable bonds is 4. The van der Waals surface area contributed by atoms with Crippen LogP contribution in [0.15, 0.2) is 82.2 Å². The summed E-state index contributed by atoms with van der Waals surface area (Å²) in [4.78, 5) is 25.0. The van der Waals surface area contributed by atoms with Crippen molar-refractivity contribution in [1.29, 1.82) is 0 Å². The first-order valence-corrected chi connectivity index (χ1v) is 8.73. The maximum Gasteiger partial charge on any atom is 0.343 e. The molecule has 0 unspecified atom stereocenters. The van der Waals surface area contributed by atoms with Gasteiger partial charge in [0.25, 0.3) is 0 Å². The van der Waals surface area contributed by atoms with Gasteiger partial charge in [-0.25, -0.2) is 9.18 Å². The van der Waals surface area contributed by atoms with Crippen molar-refractivity contribution in [2.45, 2.75) is 0 Å². The number of hydrogen-bond acceptors (Lipinski definition) is 5. The Kier molecular flexibility index (Phi) is 4.83. The molecule has 0 fully saturated rings. The summed E-state index contributed by atoms with van der Waals surface area (Å²) < 4.78 is 29.0. The van der Waals surface area contributed by atoms with Crippen molar-refractivity contribution in [3.8, 4) is 22.6 Å². The first-order chi connectivity index (χ1) is 14.0. The highest BCUT2D eigenvalue weighted by molar-refractivity contribution is 5.91. The number of methoxy groups -OCH3 is 1. The van der Waals surface area contributed by atoms with Crippen LogP contribution in [0.2, 0.25) is 0 Å². The van der Waals surface area contributed by atoms with Gasteiger partial charge < -0.3 is 13.9 Å². The first kappa shape index (κ1) is 18.4. The maximum absolute atomic E-state index is 13.0. The zero-order valence-electron chi connectivity index (χ0n) is 15.3. The number of halogens is 1. The van der Waals surface area contributed by atoms with Gasteiger partial charge >= 0.3 is 5.97 Å². The van der Waals surface area contributed by atoms with Crippen molar-refractivity contribution in [3.05, 3.63) is 94.6 Å². The highest BCUT2D eigenvalue weighted by atomic mass is 19.1. The molecule has 4 aromatic rings. The van der Waals surface area contributed by atoms with Crippen LogP contribution in [0.1, 0.15) is 10.4 Å². The molecule has 0 spiro atoms. The molecule has 0 amide bonds. The molecule has 0 bridgehead atoms. The minimum Gasteiger partial charge on any atom is -0.497 e. The summed E-state index contributed by atoms with van der Waals surface area (Å²) >= 11 is 0. The standard InChI is InChI=1S/C23H15FO5/c1-27-17-8-4-14(5-9-17)20-13-28-21-12-18(10-11-19(21)22(20)25)29-23(26)15-2-6-16(24)7-3-15/h2-13H,1H3. The van der Waals surface area contributed by atoms with Crippen LogP contribution in [0, 0.1) is 5.82 Å². The predicted molar refractivity (Wildman–Crippen MR) is 106 cm³/mol. The lowest BCUT2D eigenvalue weighted by Gasteiger charge is -2.07. The van der Waals surface area contributed by atoms with Crippen molar-refractivity contribution in [2.24, 2.45) is 0 Å². The Morgan fingerprint density at radius 3 is 2.31 bits per heavy atom. The minimum absolute atomic E-state index is 0.201. The Hall–Kier alpha value is -3.93. The molecule has 144 valence electrons. The van der Waals surface area contributed by atoms with Crippen LogP contribution in [0.3, 0.4) is 0 Å². The van der Waals surface area contributed by atoms with E-state index >= 15 is 0 Å². The monoisotopic (exact) mass is 390 g/mol. The third kappa shape index (κ3) is 3.73. The van der Waals surface area contributed by atoms with Crippen molar-refractivity contribution < 1.29 is 23.1 Å². The molecule has 0 saturated carbocycles. The Bertz CT molecular complexity index is 1240. The van der Waals surface area contributed by atoms with Crippen molar-refractivity contribution in [3.63, 3.8) is 0 Å². The third-order valence-electron chi connectivity index (χ3n) is 4.44. The number of fused-ring (bicyclic) bond motifs is 1. The highest BCUT2D eigenvalue weighted by Gasteiger charge is 2.13.